The fourth-order valence-electron chi connectivity index (χ4n) is 11.8. The van der Waals surface area contributed by atoms with Crippen LogP contribution >= 0.6 is 11.6 Å². The van der Waals surface area contributed by atoms with Gasteiger partial charge in [-0.25, -0.2) is 0 Å². The number of fused-ring (bicyclic) bond motifs is 4. The molecule has 2 aliphatic heterocycles. The van der Waals surface area contributed by atoms with Crippen LogP contribution in [-0.2, 0) is 14.2 Å². The summed E-state index contributed by atoms with van der Waals surface area (Å²) in [6, 6.07) is 0. The standard InChI is InChI=1S/C35H59ClO7/c1-7-20(18(2)3)9-8-19(4)22-10-11-23-21-16-27(36)35-31(43-35)25(13-15-34(35,6)24(21)12-14-33(22,23)5)41-32-30(40)29(39)28(38)26(17-37)42-32/h18-32,37-40H,7-17H2,1-6H3/t19-,20-,21?,22-,23?,24?,25?,26-,27?,28+,29+,30-,31?,32-,33-,34-,35?/m1/s1. The van der Waals surface area contributed by atoms with E-state index >= 15 is 0 Å². The zero-order valence-electron chi connectivity index (χ0n) is 27.3. The monoisotopic (exact) mass is 626 g/mol. The molecule has 2 heterocycles. The van der Waals surface area contributed by atoms with E-state index in [0.29, 0.717) is 17.3 Å². The topological polar surface area (TPSA) is 112 Å². The van der Waals surface area contributed by atoms with Crippen LogP contribution in [0.4, 0.5) is 0 Å². The first kappa shape index (κ1) is 32.9. The zero-order chi connectivity index (χ0) is 31.1. The van der Waals surface area contributed by atoms with Crippen molar-refractivity contribution in [1.82, 2.24) is 0 Å². The minimum atomic E-state index is -1.45. The minimum Gasteiger partial charge on any atom is -0.394 e. The Kier molecular flexibility index (Phi) is 9.12. The third kappa shape index (κ3) is 5.00. The first-order valence-corrected chi connectivity index (χ1v) is 18.1. The number of rotatable bonds is 9. The van der Waals surface area contributed by atoms with Crippen molar-refractivity contribution in [2.24, 2.45) is 52.3 Å². The maximum atomic E-state index is 10.6. The summed E-state index contributed by atoms with van der Waals surface area (Å²) in [7, 11) is 0. The van der Waals surface area contributed by atoms with Crippen molar-refractivity contribution in [3.63, 3.8) is 0 Å². The largest absolute Gasteiger partial charge is 0.394 e. The molecule has 2 saturated heterocycles. The van der Waals surface area contributed by atoms with Crippen LogP contribution in [0.3, 0.4) is 0 Å². The summed E-state index contributed by atoms with van der Waals surface area (Å²) in [5.74, 6) is 5.10. The molecule has 0 radical (unpaired) electrons. The van der Waals surface area contributed by atoms with Gasteiger partial charge in [0.15, 0.2) is 6.29 Å². The van der Waals surface area contributed by atoms with Gasteiger partial charge in [-0.15, -0.1) is 11.6 Å². The summed E-state index contributed by atoms with van der Waals surface area (Å²) < 4.78 is 18.6. The van der Waals surface area contributed by atoms with Crippen molar-refractivity contribution in [3.8, 4) is 0 Å². The SMILES string of the molecule is CC[C@H](CC[C@@H](C)[C@H]1CCC2C3CC(Cl)C45OC4C(O[C@@H]4O[C@H](CO)[C@H](O)[C@H](O)[C@H]4O)CC[C@]5(C)C3CC[C@@]21C)C(C)C. The van der Waals surface area contributed by atoms with Crippen LogP contribution in [0.25, 0.3) is 0 Å². The van der Waals surface area contributed by atoms with E-state index in [1.54, 1.807) is 0 Å². The predicted molar refractivity (Wildman–Crippen MR) is 165 cm³/mol. The number of halogens is 1. The molecule has 4 aliphatic carbocycles. The van der Waals surface area contributed by atoms with E-state index in [0.717, 1.165) is 48.9 Å². The molecular formula is C35H59ClO7. The zero-order valence-corrected chi connectivity index (χ0v) is 28.1. The summed E-state index contributed by atoms with van der Waals surface area (Å²) >= 11 is 7.40. The fourth-order valence-corrected chi connectivity index (χ4v) is 12.5. The van der Waals surface area contributed by atoms with Crippen LogP contribution in [0.5, 0.6) is 0 Å². The van der Waals surface area contributed by atoms with Gasteiger partial charge in [0, 0.05) is 5.41 Å². The molecule has 0 aromatic rings. The second-order valence-electron chi connectivity index (χ2n) is 16.4. The van der Waals surface area contributed by atoms with Crippen molar-refractivity contribution in [3.05, 3.63) is 0 Å². The van der Waals surface area contributed by atoms with E-state index < -0.39 is 42.9 Å². The van der Waals surface area contributed by atoms with Gasteiger partial charge >= 0.3 is 0 Å². The van der Waals surface area contributed by atoms with Gasteiger partial charge in [-0.2, -0.15) is 0 Å². The van der Waals surface area contributed by atoms with Gasteiger partial charge in [0.05, 0.1) is 18.1 Å². The van der Waals surface area contributed by atoms with E-state index in [-0.39, 0.29) is 23.0 Å². The van der Waals surface area contributed by atoms with Crippen molar-refractivity contribution < 1.29 is 34.6 Å². The summed E-state index contributed by atoms with van der Waals surface area (Å²) in [4.78, 5) is 0. The Morgan fingerprint density at radius 3 is 2.35 bits per heavy atom. The number of alkyl halides is 1. The van der Waals surface area contributed by atoms with Gasteiger partial charge in [0.1, 0.15) is 36.1 Å². The minimum absolute atomic E-state index is 0.0289. The van der Waals surface area contributed by atoms with E-state index in [2.05, 4.69) is 41.5 Å². The molecule has 43 heavy (non-hydrogen) atoms. The van der Waals surface area contributed by atoms with Gasteiger partial charge in [-0.3, -0.25) is 0 Å². The Hall–Kier alpha value is 0.01000. The summed E-state index contributed by atoms with van der Waals surface area (Å²) in [6.45, 7) is 14.2. The molecule has 1 spiro atoms. The van der Waals surface area contributed by atoms with Gasteiger partial charge in [0.2, 0.25) is 0 Å². The Bertz CT molecular complexity index is 995. The molecule has 0 aromatic heterocycles. The van der Waals surface area contributed by atoms with Crippen molar-refractivity contribution in [1.29, 1.82) is 0 Å². The highest BCUT2D eigenvalue weighted by Crippen LogP contribution is 2.74. The molecule has 6 rings (SSSR count). The number of epoxide rings is 1. The summed E-state index contributed by atoms with van der Waals surface area (Å²) in [5, 5.41) is 40.6. The van der Waals surface area contributed by atoms with E-state index in [1.807, 2.05) is 0 Å². The maximum absolute atomic E-state index is 10.6. The van der Waals surface area contributed by atoms with E-state index in [4.69, 9.17) is 25.8 Å². The molecular weight excluding hydrogens is 568 g/mol. The van der Waals surface area contributed by atoms with E-state index in [1.165, 1.54) is 44.9 Å². The number of hydrogen-bond donors (Lipinski definition) is 4. The van der Waals surface area contributed by atoms with Gasteiger partial charge < -0.3 is 34.6 Å². The quantitative estimate of drug-likeness (QED) is 0.157. The Balaban J connectivity index is 1.14. The molecule has 0 aromatic carbocycles. The third-order valence-corrected chi connectivity index (χ3v) is 14.9. The molecule has 8 heteroatoms. The van der Waals surface area contributed by atoms with Gasteiger partial charge in [-0.05, 0) is 98.2 Å². The number of hydrogen-bond acceptors (Lipinski definition) is 7. The average Bonchev–Trinajstić information content (AvgIpc) is 3.65. The van der Waals surface area contributed by atoms with Crippen LogP contribution in [0.1, 0.15) is 106 Å². The van der Waals surface area contributed by atoms with Crippen LogP contribution in [0.15, 0.2) is 0 Å². The first-order valence-electron chi connectivity index (χ1n) is 17.6. The normalized spacial score (nSPS) is 53.9. The van der Waals surface area contributed by atoms with Crippen LogP contribution in [0, 0.1) is 52.3 Å². The van der Waals surface area contributed by atoms with Crippen molar-refractivity contribution >= 4 is 11.6 Å². The number of aliphatic hydroxyl groups excluding tert-OH is 4. The molecule has 0 amide bonds. The average molecular weight is 627 g/mol. The van der Waals surface area contributed by atoms with E-state index in [9.17, 15) is 20.4 Å². The van der Waals surface area contributed by atoms with Gasteiger partial charge in [0.25, 0.3) is 0 Å². The second kappa shape index (κ2) is 11.9. The molecule has 0 bridgehead atoms. The molecule has 6 fully saturated rings. The molecule has 7 nitrogen and oxygen atoms in total. The van der Waals surface area contributed by atoms with Crippen LogP contribution < -0.4 is 0 Å². The number of ether oxygens (including phenoxy) is 3. The lowest BCUT2D eigenvalue weighted by Crippen LogP contribution is -2.64. The Labute approximate surface area is 264 Å². The predicted octanol–water partition coefficient (Wildman–Crippen LogP) is 5.28. The lowest BCUT2D eigenvalue weighted by Gasteiger charge is -2.61. The summed E-state index contributed by atoms with van der Waals surface area (Å²) in [5.41, 5.74) is -0.0818. The molecule has 7 unspecified atom stereocenters. The maximum Gasteiger partial charge on any atom is 0.187 e. The molecule has 6 aliphatic rings. The highest BCUT2D eigenvalue weighted by Gasteiger charge is 2.80. The Morgan fingerprint density at radius 1 is 0.930 bits per heavy atom. The molecule has 4 N–H and O–H groups in total. The molecule has 4 saturated carbocycles. The van der Waals surface area contributed by atoms with Crippen LogP contribution in [-0.4, -0.2) is 80.9 Å². The summed E-state index contributed by atoms with van der Waals surface area (Å²) in [6.07, 6.45) is 5.00. The number of aliphatic hydroxyl groups is 4. The van der Waals surface area contributed by atoms with Crippen LogP contribution in [0.2, 0.25) is 0 Å². The fraction of sp³-hybridized carbons (Fsp3) is 1.00. The second-order valence-corrected chi connectivity index (χ2v) is 17.0. The smallest absolute Gasteiger partial charge is 0.187 e. The van der Waals surface area contributed by atoms with Gasteiger partial charge in [-0.1, -0.05) is 54.4 Å². The first-order chi connectivity index (χ1) is 20.3. The van der Waals surface area contributed by atoms with Crippen molar-refractivity contribution in [2.45, 2.75) is 160 Å². The molecule has 17 atom stereocenters. The lowest BCUT2D eigenvalue weighted by atomic mass is 9.44. The highest BCUT2D eigenvalue weighted by atomic mass is 35.5. The lowest BCUT2D eigenvalue weighted by molar-refractivity contribution is -0.314. The molecule has 248 valence electrons. The highest BCUT2D eigenvalue weighted by molar-refractivity contribution is 6.22. The Morgan fingerprint density at radius 2 is 1.67 bits per heavy atom. The third-order valence-electron chi connectivity index (χ3n) is 14.4. The van der Waals surface area contributed by atoms with Crippen molar-refractivity contribution in [2.75, 3.05) is 6.61 Å².